The molecule has 0 radical (unpaired) electrons. The lowest BCUT2D eigenvalue weighted by Gasteiger charge is -2.29. The number of ether oxygens (including phenoxy) is 2. The molecule has 0 atom stereocenters. The number of halogens is 4. The molecule has 2 saturated carbocycles. The van der Waals surface area contributed by atoms with Crippen LogP contribution in [0.3, 0.4) is 0 Å². The Hall–Kier alpha value is -2.45. The number of esters is 1. The normalized spacial score (nSPS) is 24.5. The Morgan fingerprint density at radius 2 is 1.36 bits per heavy atom. The highest BCUT2D eigenvalue weighted by Gasteiger charge is 2.32. The minimum atomic E-state index is -1.24. The Bertz CT molecular complexity index is 1070. The van der Waals surface area contributed by atoms with Crippen molar-refractivity contribution in [3.63, 3.8) is 0 Å². The van der Waals surface area contributed by atoms with Crippen LogP contribution in [0.4, 0.5) is 17.6 Å². The number of aliphatic hydroxyl groups excluding tert-OH is 1. The van der Waals surface area contributed by atoms with Crippen LogP contribution in [0.15, 0.2) is 24.3 Å². The summed E-state index contributed by atoms with van der Waals surface area (Å²) in [5.74, 6) is -6.01. The third-order valence-electron chi connectivity index (χ3n) is 7.58. The Labute approximate surface area is 208 Å². The molecule has 4 rings (SSSR count). The molecule has 0 saturated heterocycles. The molecule has 2 aliphatic rings. The molecule has 0 spiro atoms. The highest BCUT2D eigenvalue weighted by atomic mass is 19.2. The van der Waals surface area contributed by atoms with Crippen molar-refractivity contribution in [1.82, 2.24) is 0 Å². The summed E-state index contributed by atoms with van der Waals surface area (Å²) in [5.41, 5.74) is 0.704. The van der Waals surface area contributed by atoms with Gasteiger partial charge in [-0.05, 0) is 93.4 Å². The Morgan fingerprint density at radius 1 is 0.806 bits per heavy atom. The summed E-state index contributed by atoms with van der Waals surface area (Å²) < 4.78 is 68.8. The number of hydrogen-bond donors (Lipinski definition) is 1. The molecule has 2 aliphatic carbocycles. The second-order valence-corrected chi connectivity index (χ2v) is 9.83. The maximum Gasteiger partial charge on any atom is 0.314 e. The largest absolute Gasteiger partial charge is 0.423 e. The summed E-state index contributed by atoms with van der Waals surface area (Å²) in [7, 11) is 0. The van der Waals surface area contributed by atoms with E-state index in [1.54, 1.807) is 19.1 Å². The van der Waals surface area contributed by atoms with Gasteiger partial charge in [-0.15, -0.1) is 0 Å². The fourth-order valence-corrected chi connectivity index (χ4v) is 5.40. The summed E-state index contributed by atoms with van der Waals surface area (Å²) in [6.07, 6.45) is 3.71. The first-order chi connectivity index (χ1) is 17.3. The first-order valence-electron chi connectivity index (χ1n) is 12.7. The summed E-state index contributed by atoms with van der Waals surface area (Å²) in [4.78, 5) is 12.6. The zero-order valence-corrected chi connectivity index (χ0v) is 20.4. The molecule has 0 unspecified atom stereocenters. The van der Waals surface area contributed by atoms with Gasteiger partial charge in [0.15, 0.2) is 23.2 Å². The zero-order chi connectivity index (χ0) is 25.8. The highest BCUT2D eigenvalue weighted by molar-refractivity contribution is 5.75. The molecule has 2 fully saturated rings. The fourth-order valence-electron chi connectivity index (χ4n) is 5.40. The monoisotopic (exact) mass is 508 g/mol. The first-order valence-corrected chi connectivity index (χ1v) is 12.7. The summed E-state index contributed by atoms with van der Waals surface area (Å²) in [6, 6.07) is 5.83. The Balaban J connectivity index is 1.36. The van der Waals surface area contributed by atoms with Gasteiger partial charge in [-0.25, -0.2) is 13.2 Å². The number of carbonyl (C=O) groups excluding carboxylic acids is 1. The van der Waals surface area contributed by atoms with Crippen LogP contribution in [-0.4, -0.2) is 23.8 Å². The van der Waals surface area contributed by atoms with Gasteiger partial charge in [-0.3, -0.25) is 4.79 Å². The van der Waals surface area contributed by atoms with Crippen LogP contribution >= 0.6 is 0 Å². The molecule has 196 valence electrons. The molecule has 0 amide bonds. The van der Waals surface area contributed by atoms with Crippen LogP contribution in [0, 0.1) is 29.2 Å². The quantitative estimate of drug-likeness (QED) is 0.258. The predicted molar refractivity (Wildman–Crippen MR) is 126 cm³/mol. The second kappa shape index (κ2) is 11.7. The summed E-state index contributed by atoms with van der Waals surface area (Å²) >= 11 is 0. The van der Waals surface area contributed by atoms with Gasteiger partial charge in [-0.2, -0.15) is 4.39 Å². The number of carbonyl (C=O) groups is 1. The van der Waals surface area contributed by atoms with E-state index in [9.17, 15) is 23.1 Å². The lowest BCUT2D eigenvalue weighted by molar-refractivity contribution is -0.140. The minimum absolute atomic E-state index is 0.0380. The van der Waals surface area contributed by atoms with Crippen LogP contribution in [0.5, 0.6) is 5.75 Å². The van der Waals surface area contributed by atoms with E-state index in [0.717, 1.165) is 0 Å². The standard InChI is InChI=1S/C28H32F4O4/c1-2-35-15-19-9-14-23(27(32)24(19)29)36-28(34)18-5-3-16(4-6-18)21-12-13-22(26(31)25(21)30)17-7-10-20(33)11-8-17/h9,12-14,16-18,20,33H,2-8,10-11,15H2,1H3. The van der Waals surface area contributed by atoms with Gasteiger partial charge in [0.25, 0.3) is 0 Å². The van der Waals surface area contributed by atoms with Crippen molar-refractivity contribution in [3.8, 4) is 5.75 Å². The molecule has 0 aliphatic heterocycles. The molecule has 4 nitrogen and oxygen atoms in total. The van der Waals surface area contributed by atoms with E-state index < -0.39 is 40.9 Å². The third kappa shape index (κ3) is 5.75. The van der Waals surface area contributed by atoms with Crippen molar-refractivity contribution < 1.29 is 36.9 Å². The van der Waals surface area contributed by atoms with E-state index >= 15 is 4.39 Å². The average molecular weight is 509 g/mol. The fraction of sp³-hybridized carbons (Fsp3) is 0.536. The second-order valence-electron chi connectivity index (χ2n) is 9.83. The molecule has 8 heteroatoms. The van der Waals surface area contributed by atoms with E-state index in [4.69, 9.17) is 9.47 Å². The van der Waals surface area contributed by atoms with E-state index in [1.165, 1.54) is 12.1 Å². The number of rotatable bonds is 7. The van der Waals surface area contributed by atoms with Crippen molar-refractivity contribution in [2.45, 2.75) is 82.8 Å². The Kier molecular flexibility index (Phi) is 8.67. The topological polar surface area (TPSA) is 55.8 Å². The van der Waals surface area contributed by atoms with Gasteiger partial charge in [0.05, 0.1) is 18.6 Å². The van der Waals surface area contributed by atoms with E-state index in [0.29, 0.717) is 69.1 Å². The summed E-state index contributed by atoms with van der Waals surface area (Å²) in [5, 5.41) is 9.68. The first kappa shape index (κ1) is 26.6. The maximum atomic E-state index is 15.0. The van der Waals surface area contributed by atoms with Gasteiger partial charge in [0.1, 0.15) is 0 Å². The van der Waals surface area contributed by atoms with Gasteiger partial charge < -0.3 is 14.6 Å². The number of benzene rings is 2. The third-order valence-corrected chi connectivity index (χ3v) is 7.58. The molecule has 0 aromatic heterocycles. The molecular formula is C28H32F4O4. The minimum Gasteiger partial charge on any atom is -0.423 e. The van der Waals surface area contributed by atoms with Crippen molar-refractivity contribution in [3.05, 3.63) is 64.2 Å². The van der Waals surface area contributed by atoms with E-state index in [1.807, 2.05) is 0 Å². The maximum absolute atomic E-state index is 15.0. The molecular weight excluding hydrogens is 476 g/mol. The van der Waals surface area contributed by atoms with Crippen LogP contribution in [0.1, 0.15) is 86.8 Å². The zero-order valence-electron chi connectivity index (χ0n) is 20.4. The lowest BCUT2D eigenvalue weighted by atomic mass is 9.77. The average Bonchev–Trinajstić information content (AvgIpc) is 2.89. The van der Waals surface area contributed by atoms with Crippen LogP contribution in [-0.2, 0) is 16.1 Å². The number of hydrogen-bond acceptors (Lipinski definition) is 4. The Morgan fingerprint density at radius 3 is 1.92 bits per heavy atom. The van der Waals surface area contributed by atoms with Crippen molar-refractivity contribution >= 4 is 5.97 Å². The van der Waals surface area contributed by atoms with Crippen LogP contribution in [0.2, 0.25) is 0 Å². The van der Waals surface area contributed by atoms with E-state index in [2.05, 4.69) is 0 Å². The van der Waals surface area contributed by atoms with Gasteiger partial charge in [0.2, 0.25) is 5.82 Å². The van der Waals surface area contributed by atoms with Gasteiger partial charge >= 0.3 is 5.97 Å². The van der Waals surface area contributed by atoms with E-state index in [-0.39, 0.29) is 30.1 Å². The lowest BCUT2D eigenvalue weighted by Crippen LogP contribution is -2.26. The molecule has 36 heavy (non-hydrogen) atoms. The predicted octanol–water partition coefficient (Wildman–Crippen LogP) is 6.68. The summed E-state index contributed by atoms with van der Waals surface area (Å²) in [6.45, 7) is 2.01. The number of aliphatic hydroxyl groups is 1. The molecule has 2 aromatic carbocycles. The van der Waals surface area contributed by atoms with Crippen LogP contribution in [0.25, 0.3) is 0 Å². The van der Waals surface area contributed by atoms with Crippen molar-refractivity contribution in [2.75, 3.05) is 6.61 Å². The molecule has 1 N–H and O–H groups in total. The molecule has 0 bridgehead atoms. The highest BCUT2D eigenvalue weighted by Crippen LogP contribution is 2.41. The molecule has 0 heterocycles. The van der Waals surface area contributed by atoms with Crippen LogP contribution < -0.4 is 4.74 Å². The van der Waals surface area contributed by atoms with Crippen molar-refractivity contribution in [1.29, 1.82) is 0 Å². The molecule has 2 aromatic rings. The SMILES string of the molecule is CCOCc1ccc(OC(=O)C2CCC(c3ccc(C4CCC(O)CC4)c(F)c3F)CC2)c(F)c1F. The van der Waals surface area contributed by atoms with Gasteiger partial charge in [-0.1, -0.05) is 12.1 Å². The van der Waals surface area contributed by atoms with Crippen molar-refractivity contribution in [2.24, 2.45) is 5.92 Å². The van der Waals surface area contributed by atoms with Gasteiger partial charge in [0, 0.05) is 12.2 Å². The smallest absolute Gasteiger partial charge is 0.314 e.